The molecule has 0 radical (unpaired) electrons. The lowest BCUT2D eigenvalue weighted by molar-refractivity contribution is 0.251. The lowest BCUT2D eigenvalue weighted by Gasteiger charge is -2.27. The Morgan fingerprint density at radius 2 is 1.92 bits per heavy atom. The van der Waals surface area contributed by atoms with Gasteiger partial charge in [0.05, 0.1) is 19.7 Å². The van der Waals surface area contributed by atoms with Gasteiger partial charge in [-0.05, 0) is 63.4 Å². The van der Waals surface area contributed by atoms with Crippen LogP contribution in [0, 0.1) is 0 Å². The Bertz CT molecular complexity index is 539. The fraction of sp³-hybridized carbons (Fsp3) is 0.632. The number of rotatable bonds is 7. The summed E-state index contributed by atoms with van der Waals surface area (Å²) in [6, 6.07) is 9.42. The van der Waals surface area contributed by atoms with E-state index < -0.39 is 0 Å². The van der Waals surface area contributed by atoms with E-state index in [-0.39, 0.29) is 24.0 Å². The summed E-state index contributed by atoms with van der Waals surface area (Å²) in [5.74, 6) is 1.86. The van der Waals surface area contributed by atoms with Crippen LogP contribution < -0.4 is 15.4 Å². The van der Waals surface area contributed by atoms with Crippen molar-refractivity contribution < 1.29 is 4.74 Å². The molecular formula is C19H31IN4O. The third-order valence-corrected chi connectivity index (χ3v) is 4.77. The number of likely N-dealkylation sites (tertiary alicyclic amines) is 1. The van der Waals surface area contributed by atoms with E-state index in [1.54, 1.807) is 7.11 Å². The van der Waals surface area contributed by atoms with E-state index in [0.717, 1.165) is 24.8 Å². The molecule has 1 aliphatic heterocycles. The number of guanidine groups is 1. The molecular weight excluding hydrogens is 427 g/mol. The Labute approximate surface area is 168 Å². The van der Waals surface area contributed by atoms with Gasteiger partial charge in [-0.2, -0.15) is 0 Å². The van der Waals surface area contributed by atoms with E-state index in [4.69, 9.17) is 9.73 Å². The Balaban J connectivity index is 0.00000225. The molecule has 5 nitrogen and oxygen atoms in total. The second-order valence-corrected chi connectivity index (χ2v) is 6.67. The van der Waals surface area contributed by atoms with Crippen LogP contribution in [-0.4, -0.2) is 50.2 Å². The van der Waals surface area contributed by atoms with E-state index in [9.17, 15) is 0 Å². The first-order valence-corrected chi connectivity index (χ1v) is 9.23. The zero-order valence-electron chi connectivity index (χ0n) is 15.3. The summed E-state index contributed by atoms with van der Waals surface area (Å²) in [6.07, 6.45) is 5.10. The highest BCUT2D eigenvalue weighted by atomic mass is 127. The SMILES string of the molecule is CCNC(=NCC(c1ccc(OC)cc1)N1CCCC1)NC1CC1.I. The van der Waals surface area contributed by atoms with E-state index in [1.807, 2.05) is 0 Å². The molecule has 1 unspecified atom stereocenters. The minimum absolute atomic E-state index is 0. The molecule has 6 heteroatoms. The molecule has 25 heavy (non-hydrogen) atoms. The number of benzene rings is 1. The fourth-order valence-electron chi connectivity index (χ4n) is 3.23. The minimum Gasteiger partial charge on any atom is -0.497 e. The van der Waals surface area contributed by atoms with Crippen LogP contribution in [0.1, 0.15) is 44.2 Å². The number of methoxy groups -OCH3 is 1. The highest BCUT2D eigenvalue weighted by molar-refractivity contribution is 14.0. The lowest BCUT2D eigenvalue weighted by atomic mass is 10.1. The first kappa shape index (κ1) is 20.3. The average molecular weight is 458 g/mol. The molecule has 3 rings (SSSR count). The summed E-state index contributed by atoms with van der Waals surface area (Å²) in [5.41, 5.74) is 1.32. The summed E-state index contributed by atoms with van der Waals surface area (Å²) in [7, 11) is 1.71. The van der Waals surface area contributed by atoms with Crippen LogP contribution in [0.3, 0.4) is 0 Å². The number of halogens is 1. The Hall–Kier alpha value is -1.02. The molecule has 1 aromatic carbocycles. The van der Waals surface area contributed by atoms with E-state index >= 15 is 0 Å². The summed E-state index contributed by atoms with van der Waals surface area (Å²) in [5, 5.41) is 6.88. The van der Waals surface area contributed by atoms with Gasteiger partial charge >= 0.3 is 0 Å². The predicted molar refractivity (Wildman–Crippen MR) is 114 cm³/mol. The maximum atomic E-state index is 5.29. The van der Waals surface area contributed by atoms with Crippen LogP contribution in [0.25, 0.3) is 0 Å². The van der Waals surface area contributed by atoms with Gasteiger partial charge in [0, 0.05) is 12.6 Å². The van der Waals surface area contributed by atoms with Gasteiger partial charge in [-0.15, -0.1) is 24.0 Å². The first-order valence-electron chi connectivity index (χ1n) is 9.23. The third-order valence-electron chi connectivity index (χ3n) is 4.77. The van der Waals surface area contributed by atoms with Crippen LogP contribution >= 0.6 is 24.0 Å². The van der Waals surface area contributed by atoms with E-state index in [1.165, 1.54) is 44.3 Å². The Kier molecular flexibility index (Phi) is 8.29. The zero-order valence-corrected chi connectivity index (χ0v) is 17.7. The molecule has 0 amide bonds. The molecule has 1 aromatic rings. The molecule has 2 fully saturated rings. The first-order chi connectivity index (χ1) is 11.8. The van der Waals surface area contributed by atoms with Gasteiger partial charge in [-0.1, -0.05) is 12.1 Å². The van der Waals surface area contributed by atoms with Gasteiger partial charge in [0.2, 0.25) is 0 Å². The van der Waals surface area contributed by atoms with Crippen molar-refractivity contribution in [2.45, 2.75) is 44.7 Å². The maximum Gasteiger partial charge on any atom is 0.191 e. The van der Waals surface area contributed by atoms with E-state index in [0.29, 0.717) is 12.1 Å². The summed E-state index contributed by atoms with van der Waals surface area (Å²) in [6.45, 7) is 6.13. The molecule has 0 spiro atoms. The van der Waals surface area contributed by atoms with Crippen LogP contribution in [0.4, 0.5) is 0 Å². The number of hydrogen-bond donors (Lipinski definition) is 2. The number of aliphatic imine (C=N–C) groups is 1. The molecule has 0 bridgehead atoms. The summed E-state index contributed by atoms with van der Waals surface area (Å²) >= 11 is 0. The molecule has 2 aliphatic rings. The molecule has 140 valence electrons. The molecule has 1 heterocycles. The number of hydrogen-bond acceptors (Lipinski definition) is 3. The highest BCUT2D eigenvalue weighted by Gasteiger charge is 2.25. The number of nitrogens with zero attached hydrogens (tertiary/aromatic N) is 2. The zero-order chi connectivity index (χ0) is 16.8. The van der Waals surface area contributed by atoms with Crippen LogP contribution in [0.5, 0.6) is 5.75 Å². The van der Waals surface area contributed by atoms with Crippen LogP contribution in [0.2, 0.25) is 0 Å². The van der Waals surface area contributed by atoms with Crippen molar-refractivity contribution in [2.24, 2.45) is 4.99 Å². The van der Waals surface area contributed by atoms with Crippen molar-refractivity contribution in [1.29, 1.82) is 0 Å². The molecule has 1 atom stereocenters. The molecule has 1 saturated heterocycles. The number of nitrogens with one attached hydrogen (secondary N) is 2. The van der Waals surface area contributed by atoms with Crippen LogP contribution in [0.15, 0.2) is 29.3 Å². The van der Waals surface area contributed by atoms with Gasteiger partial charge < -0.3 is 15.4 Å². The van der Waals surface area contributed by atoms with Crippen LogP contribution in [-0.2, 0) is 0 Å². The van der Waals surface area contributed by atoms with Gasteiger partial charge in [0.15, 0.2) is 5.96 Å². The van der Waals surface area contributed by atoms with Crippen molar-refractivity contribution >= 4 is 29.9 Å². The lowest BCUT2D eigenvalue weighted by Crippen LogP contribution is -2.39. The molecule has 1 saturated carbocycles. The highest BCUT2D eigenvalue weighted by Crippen LogP contribution is 2.27. The topological polar surface area (TPSA) is 48.9 Å². The monoisotopic (exact) mass is 458 g/mol. The van der Waals surface area contributed by atoms with E-state index in [2.05, 4.69) is 46.7 Å². The van der Waals surface area contributed by atoms with Gasteiger partial charge in [0.25, 0.3) is 0 Å². The fourth-order valence-corrected chi connectivity index (χ4v) is 3.23. The summed E-state index contributed by atoms with van der Waals surface area (Å²) in [4.78, 5) is 7.44. The van der Waals surface area contributed by atoms with Gasteiger partial charge in [-0.25, -0.2) is 0 Å². The molecule has 0 aromatic heterocycles. The molecule has 1 aliphatic carbocycles. The largest absolute Gasteiger partial charge is 0.497 e. The standard InChI is InChI=1S/C19H30N4O.HI/c1-3-20-19(22-16-8-9-16)21-14-18(23-12-4-5-13-23)15-6-10-17(24-2)11-7-15;/h6-7,10-11,16,18H,3-5,8-9,12-14H2,1-2H3,(H2,20,21,22);1H. The average Bonchev–Trinajstić information content (AvgIpc) is 3.26. The molecule has 2 N–H and O–H groups in total. The third kappa shape index (κ3) is 6.02. The quantitative estimate of drug-likeness (QED) is 0.375. The smallest absolute Gasteiger partial charge is 0.191 e. The second-order valence-electron chi connectivity index (χ2n) is 6.67. The van der Waals surface area contributed by atoms with Gasteiger partial charge in [0.1, 0.15) is 5.75 Å². The van der Waals surface area contributed by atoms with Crippen molar-refractivity contribution in [3.63, 3.8) is 0 Å². The Morgan fingerprint density at radius 1 is 1.24 bits per heavy atom. The van der Waals surface area contributed by atoms with Gasteiger partial charge in [-0.3, -0.25) is 9.89 Å². The van der Waals surface area contributed by atoms with Crippen molar-refractivity contribution in [3.8, 4) is 5.75 Å². The van der Waals surface area contributed by atoms with Crippen molar-refractivity contribution in [1.82, 2.24) is 15.5 Å². The second kappa shape index (κ2) is 10.2. The van der Waals surface area contributed by atoms with Crippen molar-refractivity contribution in [2.75, 3.05) is 33.3 Å². The summed E-state index contributed by atoms with van der Waals surface area (Å²) < 4.78 is 5.29. The maximum absolute atomic E-state index is 5.29. The minimum atomic E-state index is 0. The number of ether oxygens (including phenoxy) is 1. The Morgan fingerprint density at radius 3 is 2.48 bits per heavy atom. The normalized spacial score (nSPS) is 19.2. The predicted octanol–water partition coefficient (Wildman–Crippen LogP) is 3.17. The van der Waals surface area contributed by atoms with Crippen molar-refractivity contribution in [3.05, 3.63) is 29.8 Å².